The number of carbonyl (C=O) groups excluding carboxylic acids is 8. The molecular weight excluding hydrogens is 981 g/mol. The van der Waals surface area contributed by atoms with Crippen molar-refractivity contribution in [2.24, 2.45) is 11.5 Å². The Balaban J connectivity index is 1.68. The third-order valence-corrected chi connectivity index (χ3v) is 11.8. The summed E-state index contributed by atoms with van der Waals surface area (Å²) in [5.41, 5.74) is 13.0. The first-order chi connectivity index (χ1) is 35.0. The predicted molar refractivity (Wildman–Crippen MR) is 272 cm³/mol. The van der Waals surface area contributed by atoms with E-state index in [4.69, 9.17) is 25.5 Å². The number of nitrogens with zero attached hydrogens (tertiary/aromatic N) is 1. The summed E-state index contributed by atoms with van der Waals surface area (Å²) in [5, 5.41) is 11.0. The zero-order valence-corrected chi connectivity index (χ0v) is 43.0. The molecule has 22 nitrogen and oxygen atoms in total. The van der Waals surface area contributed by atoms with Gasteiger partial charge in [-0.25, -0.2) is 14.4 Å². The number of benzene rings is 3. The molecule has 0 radical (unpaired) electrons. The Morgan fingerprint density at radius 3 is 2.04 bits per heavy atom. The molecule has 0 spiro atoms. The molecule has 4 aromatic rings. The Labute approximate surface area is 430 Å². The molecule has 0 aliphatic rings. The Morgan fingerprint density at radius 1 is 0.757 bits per heavy atom. The van der Waals surface area contributed by atoms with Gasteiger partial charge in [0.1, 0.15) is 35.5 Å². The lowest BCUT2D eigenvalue weighted by molar-refractivity contribution is -0.168. The molecule has 0 bridgehead atoms. The van der Waals surface area contributed by atoms with Gasteiger partial charge in [0.2, 0.25) is 29.5 Å². The fourth-order valence-corrected chi connectivity index (χ4v) is 8.06. The van der Waals surface area contributed by atoms with Crippen molar-refractivity contribution in [2.45, 2.75) is 135 Å². The molecule has 10 N–H and O–H groups in total. The summed E-state index contributed by atoms with van der Waals surface area (Å²) in [4.78, 5) is 114. The van der Waals surface area contributed by atoms with Gasteiger partial charge in [0.15, 0.2) is 0 Å². The van der Waals surface area contributed by atoms with Gasteiger partial charge in [0.25, 0.3) is 0 Å². The van der Waals surface area contributed by atoms with Crippen LogP contribution in [-0.2, 0) is 72.7 Å². The number of para-hydroxylation sites is 1. The summed E-state index contributed by atoms with van der Waals surface area (Å²) in [7, 11) is -4.88. The van der Waals surface area contributed by atoms with E-state index in [-0.39, 0.29) is 38.0 Å². The Kier molecular flexibility index (Phi) is 22.5. The molecule has 402 valence electrons. The monoisotopic (exact) mass is 1050 g/mol. The van der Waals surface area contributed by atoms with Crippen molar-refractivity contribution in [1.82, 2.24) is 31.2 Å². The average Bonchev–Trinajstić information content (AvgIpc) is 3.74. The van der Waals surface area contributed by atoms with E-state index in [2.05, 4.69) is 30.4 Å². The number of aromatic amines is 1. The predicted octanol–water partition coefficient (Wildman–Crippen LogP) is 3.21. The lowest BCUT2D eigenvalue weighted by Gasteiger charge is -2.33. The van der Waals surface area contributed by atoms with Gasteiger partial charge in [-0.3, -0.25) is 28.5 Å². The maximum absolute atomic E-state index is 14.9. The highest BCUT2D eigenvalue weighted by Crippen LogP contribution is 2.22. The molecule has 0 saturated heterocycles. The lowest BCUT2D eigenvalue weighted by atomic mass is 10.0. The van der Waals surface area contributed by atoms with E-state index in [1.165, 1.54) is 24.3 Å². The Morgan fingerprint density at radius 2 is 1.41 bits per heavy atom. The largest absolute Gasteiger partial charge is 0.446 e. The first kappa shape index (κ1) is 59.2. The second-order valence-corrected chi connectivity index (χ2v) is 19.6. The molecule has 1 heterocycles. The zero-order valence-electron chi connectivity index (χ0n) is 42.2. The van der Waals surface area contributed by atoms with E-state index in [1.807, 2.05) is 32.0 Å². The molecule has 0 aliphatic heterocycles. The molecule has 74 heavy (non-hydrogen) atoms. The second-order valence-electron chi connectivity index (χ2n) is 18.6. The molecule has 0 saturated carbocycles. The number of fused-ring (bicyclic) bond motifs is 1. The average molecular weight is 1050 g/mol. The summed E-state index contributed by atoms with van der Waals surface area (Å²) >= 11 is 0. The fourth-order valence-electron chi connectivity index (χ4n) is 7.71. The number of ether oxygens (including phenoxy) is 2. The Bertz CT molecular complexity index is 2670. The third kappa shape index (κ3) is 19.9. The maximum atomic E-state index is 14.9. The minimum absolute atomic E-state index is 0.0547. The molecule has 5 atom stereocenters. The number of hydrogen-bond donors (Lipinski definition) is 8. The smallest absolute Gasteiger partial charge is 0.444 e. The highest BCUT2D eigenvalue weighted by molar-refractivity contribution is 7.81. The number of amides is 6. The summed E-state index contributed by atoms with van der Waals surface area (Å²) in [6.45, 7) is 7.72. The van der Waals surface area contributed by atoms with E-state index in [1.54, 1.807) is 63.4 Å². The van der Waals surface area contributed by atoms with Gasteiger partial charge in [-0.15, -0.1) is 0 Å². The number of primary amides is 1. The number of unbranched alkanes of at least 4 members (excludes halogenated alkanes) is 2. The van der Waals surface area contributed by atoms with Gasteiger partial charge < -0.3 is 56.3 Å². The van der Waals surface area contributed by atoms with Crippen molar-refractivity contribution in [3.63, 3.8) is 0 Å². The van der Waals surface area contributed by atoms with Crippen LogP contribution in [0, 0.1) is 0 Å². The fraction of sp³-hybridized carbons (Fsp3) is 0.451. The zero-order chi connectivity index (χ0) is 54.6. The molecule has 0 unspecified atom stereocenters. The summed E-state index contributed by atoms with van der Waals surface area (Å²) in [6, 6.07) is 13.9. The highest BCUT2D eigenvalue weighted by atomic mass is 32.3. The van der Waals surface area contributed by atoms with E-state index in [9.17, 15) is 46.8 Å². The first-order valence-electron chi connectivity index (χ1n) is 24.3. The SMILES string of the molecule is CCCC[C@H](NC(=O)[C@H](Cc1c[nH]c2ccccc12)NC(=O)CNC(=O)[C@@H](N)CCCC)C(=O)OC(=O)[C@H](CC(N)=O)N(CCc1ccccc1)C(=O)[C@H](Cc1ccc(OS(=O)(=O)O)cc1)NC(=O)OC(C)(C)C. The van der Waals surface area contributed by atoms with Gasteiger partial charge in [-0.2, -0.15) is 8.42 Å². The van der Waals surface area contributed by atoms with Crippen LogP contribution >= 0.6 is 0 Å². The van der Waals surface area contributed by atoms with Crippen LogP contribution in [-0.4, -0.2) is 119 Å². The lowest BCUT2D eigenvalue weighted by Crippen LogP contribution is -2.57. The van der Waals surface area contributed by atoms with Crippen LogP contribution in [0.3, 0.4) is 0 Å². The van der Waals surface area contributed by atoms with Gasteiger partial charge in [-0.05, 0) is 74.9 Å². The number of alkyl carbamates (subject to hydrolysis) is 1. The summed E-state index contributed by atoms with van der Waals surface area (Å²) in [5.74, 6) is -7.09. The van der Waals surface area contributed by atoms with Crippen molar-refractivity contribution < 1.29 is 65.0 Å². The summed E-state index contributed by atoms with van der Waals surface area (Å²) < 4.78 is 47.2. The van der Waals surface area contributed by atoms with Gasteiger partial charge in [-0.1, -0.05) is 100 Å². The quantitative estimate of drug-likeness (QED) is 0.0230. The topological polar surface area (TPSA) is 338 Å². The minimum atomic E-state index is -4.88. The minimum Gasteiger partial charge on any atom is -0.444 e. The van der Waals surface area contributed by atoms with Crippen LogP contribution < -0.4 is 36.9 Å². The molecule has 4 rings (SSSR count). The van der Waals surface area contributed by atoms with Crippen molar-refractivity contribution in [3.05, 3.63) is 102 Å². The number of carbonyl (C=O) groups is 8. The molecule has 0 aliphatic carbocycles. The van der Waals surface area contributed by atoms with Crippen molar-refractivity contribution in [2.75, 3.05) is 13.1 Å². The third-order valence-electron chi connectivity index (χ3n) is 11.4. The van der Waals surface area contributed by atoms with Gasteiger partial charge in [0.05, 0.1) is 19.0 Å². The van der Waals surface area contributed by atoms with Crippen LogP contribution in [0.15, 0.2) is 85.1 Å². The van der Waals surface area contributed by atoms with Crippen LogP contribution in [0.4, 0.5) is 4.79 Å². The van der Waals surface area contributed by atoms with Gasteiger partial charge in [0, 0.05) is 36.5 Å². The number of esters is 2. The molecule has 0 fully saturated rings. The first-order valence-corrected chi connectivity index (χ1v) is 25.6. The molecular formula is C51H68N8O14S. The number of aromatic nitrogens is 1. The molecule has 3 aromatic carbocycles. The van der Waals surface area contributed by atoms with Crippen molar-refractivity contribution >= 4 is 68.9 Å². The van der Waals surface area contributed by atoms with E-state index in [0.29, 0.717) is 42.4 Å². The normalized spacial score (nSPS) is 13.5. The van der Waals surface area contributed by atoms with Crippen LogP contribution in [0.25, 0.3) is 10.9 Å². The summed E-state index contributed by atoms with van der Waals surface area (Å²) in [6.07, 6.45) is 2.17. The Hall–Kier alpha value is -7.37. The second kappa shape index (κ2) is 28.2. The number of rotatable bonds is 28. The van der Waals surface area contributed by atoms with E-state index in [0.717, 1.165) is 22.2 Å². The van der Waals surface area contributed by atoms with Crippen LogP contribution in [0.2, 0.25) is 0 Å². The number of H-pyrrole nitrogens is 1. The molecule has 1 aromatic heterocycles. The van der Waals surface area contributed by atoms with Crippen LogP contribution in [0.1, 0.15) is 96.3 Å². The van der Waals surface area contributed by atoms with E-state index < -0.39 is 107 Å². The van der Waals surface area contributed by atoms with Crippen molar-refractivity contribution in [1.29, 1.82) is 0 Å². The number of nitrogens with two attached hydrogens (primary N) is 2. The highest BCUT2D eigenvalue weighted by Gasteiger charge is 2.39. The maximum Gasteiger partial charge on any atom is 0.446 e. The standard InChI is InChI=1S/C51H68N8O14S/c1-6-8-18-37(52)45(62)55-31-44(61)56-40(28-34-30-54-38-20-14-13-17-36(34)38)46(63)57-39(19-9-7-2)48(65)71-49(66)42(29-43(53)60)59(26-25-32-15-11-10-12-16-32)47(64)41(58-50(67)72-51(3,4)5)27-33-21-23-35(24-22-33)73-74(68,69)70/h10-17,20-24,30,37,39-42,54H,6-9,18-19,25-29,31,52H2,1-5H3,(H2,53,60)(H,55,62)(H,56,61)(H,57,63)(H,58,67)(H,68,69,70)/t37-,39-,40-,41-,42-/m0/s1. The van der Waals surface area contributed by atoms with Crippen LogP contribution in [0.5, 0.6) is 5.75 Å². The van der Waals surface area contributed by atoms with E-state index >= 15 is 0 Å². The molecule has 6 amide bonds. The number of nitrogens with one attached hydrogen (secondary N) is 5. The number of hydrogen-bond acceptors (Lipinski definition) is 14. The van der Waals surface area contributed by atoms with Crippen molar-refractivity contribution in [3.8, 4) is 5.75 Å². The molecule has 23 heteroatoms. The van der Waals surface area contributed by atoms with Gasteiger partial charge >= 0.3 is 28.4 Å².